The monoisotopic (exact) mass is 516 g/mol. The Bertz CT molecular complexity index is 1540. The normalized spacial score (nSPS) is 13.4. The van der Waals surface area contributed by atoms with Gasteiger partial charge in [-0.15, -0.1) is 0 Å². The van der Waals surface area contributed by atoms with Crippen molar-refractivity contribution in [1.29, 1.82) is 0 Å². The van der Waals surface area contributed by atoms with Crippen molar-refractivity contribution in [3.05, 3.63) is 89.4 Å². The van der Waals surface area contributed by atoms with Gasteiger partial charge in [0.1, 0.15) is 11.8 Å². The van der Waals surface area contributed by atoms with Gasteiger partial charge in [0.25, 0.3) is 5.91 Å². The predicted molar refractivity (Wildman–Crippen MR) is 137 cm³/mol. The van der Waals surface area contributed by atoms with Gasteiger partial charge in [-0.2, -0.15) is 0 Å². The maximum atomic E-state index is 15.1. The van der Waals surface area contributed by atoms with Crippen LogP contribution in [0.25, 0.3) is 10.9 Å². The standard InChI is InChI=1S/C29H25FN2O6/c1-36-27-13-20-22(14-28(27)37-2)31-10-9-25(20)38-26-8-7-17(11-21(26)30)12-24(34)23(16-33)32-15-18-5-3-4-6-19(18)29(32)35/h3-11,13-14,23,33H,12,15-16H2,1-2H3. The molecule has 0 saturated carbocycles. The van der Waals surface area contributed by atoms with Crippen LogP contribution in [0.1, 0.15) is 21.5 Å². The summed E-state index contributed by atoms with van der Waals surface area (Å²) in [5, 5.41) is 10.5. The minimum Gasteiger partial charge on any atom is -0.493 e. The van der Waals surface area contributed by atoms with E-state index >= 15 is 4.39 Å². The number of ether oxygens (including phenoxy) is 3. The summed E-state index contributed by atoms with van der Waals surface area (Å²) in [7, 11) is 3.04. The van der Waals surface area contributed by atoms with Gasteiger partial charge >= 0.3 is 0 Å². The molecule has 2 heterocycles. The Morgan fingerprint density at radius 2 is 1.79 bits per heavy atom. The van der Waals surface area contributed by atoms with Crippen LogP contribution >= 0.6 is 0 Å². The summed E-state index contributed by atoms with van der Waals surface area (Å²) in [6.45, 7) is -0.282. The fraction of sp³-hybridized carbons (Fsp3) is 0.207. The third-order valence-electron chi connectivity index (χ3n) is 6.57. The van der Waals surface area contributed by atoms with Crippen LogP contribution in [0.4, 0.5) is 4.39 Å². The van der Waals surface area contributed by atoms with Crippen LogP contribution in [0.15, 0.2) is 66.9 Å². The number of aliphatic hydroxyl groups is 1. The lowest BCUT2D eigenvalue weighted by atomic mass is 10.0. The Labute approximate surface area is 218 Å². The second kappa shape index (κ2) is 10.5. The maximum absolute atomic E-state index is 15.1. The van der Waals surface area contributed by atoms with E-state index in [1.165, 1.54) is 31.3 Å². The lowest BCUT2D eigenvalue weighted by molar-refractivity contribution is -0.124. The molecule has 194 valence electrons. The molecule has 9 heteroatoms. The van der Waals surface area contributed by atoms with Crippen molar-refractivity contribution in [1.82, 2.24) is 9.88 Å². The van der Waals surface area contributed by atoms with Crippen LogP contribution in [0, 0.1) is 5.82 Å². The number of ketones is 1. The van der Waals surface area contributed by atoms with Gasteiger partial charge in [0.05, 0.1) is 26.3 Å². The molecule has 1 aromatic heterocycles. The third-order valence-corrected chi connectivity index (χ3v) is 6.57. The number of aliphatic hydroxyl groups excluding tert-OH is 1. The first-order valence-electron chi connectivity index (χ1n) is 11.9. The summed E-state index contributed by atoms with van der Waals surface area (Å²) in [4.78, 5) is 31.5. The predicted octanol–water partition coefficient (Wildman–Crippen LogP) is 4.31. The largest absolute Gasteiger partial charge is 0.493 e. The molecule has 1 atom stereocenters. The van der Waals surface area contributed by atoms with Crippen molar-refractivity contribution in [2.45, 2.75) is 19.0 Å². The average molecular weight is 517 g/mol. The molecule has 1 N–H and O–H groups in total. The summed E-state index contributed by atoms with van der Waals surface area (Å²) >= 11 is 0. The van der Waals surface area contributed by atoms with E-state index in [1.54, 1.807) is 42.6 Å². The zero-order valence-corrected chi connectivity index (χ0v) is 20.8. The van der Waals surface area contributed by atoms with E-state index in [9.17, 15) is 14.7 Å². The quantitative estimate of drug-likeness (QED) is 0.354. The molecular weight excluding hydrogens is 491 g/mol. The minimum absolute atomic E-state index is 0.0348. The number of Topliss-reactive ketones (excluding diaryl/α,β-unsaturated/α-hetero) is 1. The van der Waals surface area contributed by atoms with Crippen LogP contribution in [0.2, 0.25) is 0 Å². The van der Waals surface area contributed by atoms with Crippen molar-refractivity contribution in [3.8, 4) is 23.0 Å². The highest BCUT2D eigenvalue weighted by atomic mass is 19.1. The number of benzene rings is 3. The lowest BCUT2D eigenvalue weighted by Crippen LogP contribution is -2.44. The number of hydrogen-bond donors (Lipinski definition) is 1. The summed E-state index contributed by atoms with van der Waals surface area (Å²) in [6.07, 6.45) is 1.39. The maximum Gasteiger partial charge on any atom is 0.255 e. The zero-order valence-electron chi connectivity index (χ0n) is 20.8. The van der Waals surface area contributed by atoms with E-state index in [0.29, 0.717) is 39.3 Å². The molecule has 1 aliphatic rings. The van der Waals surface area contributed by atoms with Gasteiger partial charge in [-0.25, -0.2) is 4.39 Å². The van der Waals surface area contributed by atoms with Gasteiger partial charge in [0.2, 0.25) is 0 Å². The van der Waals surface area contributed by atoms with Crippen LogP contribution in [-0.4, -0.2) is 53.5 Å². The van der Waals surface area contributed by atoms with Crippen molar-refractivity contribution >= 4 is 22.6 Å². The van der Waals surface area contributed by atoms with Gasteiger partial charge in [-0.1, -0.05) is 24.3 Å². The van der Waals surface area contributed by atoms with Crippen LogP contribution in [-0.2, 0) is 17.8 Å². The number of amides is 1. The molecule has 0 fully saturated rings. The number of nitrogens with zero attached hydrogens (tertiary/aromatic N) is 2. The number of carbonyl (C=O) groups excluding carboxylic acids is 2. The van der Waals surface area contributed by atoms with Crippen molar-refractivity contribution in [2.75, 3.05) is 20.8 Å². The molecule has 38 heavy (non-hydrogen) atoms. The van der Waals surface area contributed by atoms with Gasteiger partial charge in [0.15, 0.2) is 28.8 Å². The molecule has 5 rings (SSSR count). The minimum atomic E-state index is -1.02. The summed E-state index contributed by atoms with van der Waals surface area (Å²) in [5.74, 6) is -0.0372. The summed E-state index contributed by atoms with van der Waals surface area (Å²) in [5.41, 5.74) is 2.30. The summed E-state index contributed by atoms with van der Waals surface area (Å²) < 4.78 is 31.6. The number of fused-ring (bicyclic) bond motifs is 2. The molecule has 8 nitrogen and oxygen atoms in total. The highest BCUT2D eigenvalue weighted by Gasteiger charge is 2.35. The Kier molecular flexibility index (Phi) is 6.93. The van der Waals surface area contributed by atoms with E-state index in [0.717, 1.165) is 5.56 Å². The molecule has 0 bridgehead atoms. The second-order valence-electron chi connectivity index (χ2n) is 8.83. The number of aromatic nitrogens is 1. The van der Waals surface area contributed by atoms with Gasteiger partial charge < -0.3 is 24.2 Å². The van der Waals surface area contributed by atoms with Crippen LogP contribution in [0.5, 0.6) is 23.0 Å². The van der Waals surface area contributed by atoms with E-state index in [4.69, 9.17) is 14.2 Å². The number of rotatable bonds is 9. The number of pyridine rings is 1. The number of hydrogen-bond acceptors (Lipinski definition) is 7. The number of carbonyl (C=O) groups is 2. The van der Waals surface area contributed by atoms with E-state index < -0.39 is 18.5 Å². The molecule has 4 aromatic rings. The second-order valence-corrected chi connectivity index (χ2v) is 8.83. The molecule has 1 aliphatic heterocycles. The number of methoxy groups -OCH3 is 2. The molecule has 0 radical (unpaired) electrons. The van der Waals surface area contributed by atoms with Gasteiger partial charge in [0, 0.05) is 36.2 Å². The molecule has 0 saturated heterocycles. The zero-order chi connectivity index (χ0) is 26.8. The first-order chi connectivity index (χ1) is 18.4. The number of halogens is 1. The first kappa shape index (κ1) is 25.2. The fourth-order valence-electron chi connectivity index (χ4n) is 4.61. The van der Waals surface area contributed by atoms with Gasteiger partial charge in [-0.3, -0.25) is 14.6 Å². The Morgan fingerprint density at radius 3 is 2.50 bits per heavy atom. The summed E-state index contributed by atoms with van der Waals surface area (Å²) in [6, 6.07) is 15.3. The Hall–Kier alpha value is -4.50. The smallest absolute Gasteiger partial charge is 0.255 e. The van der Waals surface area contributed by atoms with E-state index in [2.05, 4.69) is 4.98 Å². The molecule has 3 aromatic carbocycles. The van der Waals surface area contributed by atoms with Crippen LogP contribution in [0.3, 0.4) is 0 Å². The lowest BCUT2D eigenvalue weighted by Gasteiger charge is -2.25. The van der Waals surface area contributed by atoms with Gasteiger partial charge in [-0.05, 0) is 41.5 Å². The van der Waals surface area contributed by atoms with Crippen molar-refractivity contribution < 1.29 is 33.3 Å². The molecule has 1 amide bonds. The molecule has 1 unspecified atom stereocenters. The highest BCUT2D eigenvalue weighted by molar-refractivity contribution is 6.01. The first-order valence-corrected chi connectivity index (χ1v) is 11.9. The molecule has 0 aliphatic carbocycles. The Balaban J connectivity index is 1.34. The van der Waals surface area contributed by atoms with Crippen molar-refractivity contribution in [2.24, 2.45) is 0 Å². The highest BCUT2D eigenvalue weighted by Crippen LogP contribution is 2.37. The third kappa shape index (κ3) is 4.64. The van der Waals surface area contributed by atoms with E-state index in [-0.39, 0.29) is 30.4 Å². The fourth-order valence-corrected chi connectivity index (χ4v) is 4.61. The van der Waals surface area contributed by atoms with E-state index in [1.807, 2.05) is 12.1 Å². The molecule has 0 spiro atoms. The molecular formula is C29H25FN2O6. The SMILES string of the molecule is COc1cc2nccc(Oc3ccc(CC(=O)C(CO)N4Cc5ccccc5C4=O)cc3F)c2cc1OC. The van der Waals surface area contributed by atoms with Crippen molar-refractivity contribution in [3.63, 3.8) is 0 Å². The van der Waals surface area contributed by atoms with Crippen LogP contribution < -0.4 is 14.2 Å². The topological polar surface area (TPSA) is 98.2 Å². The Morgan fingerprint density at radius 1 is 1.03 bits per heavy atom. The average Bonchev–Trinajstić information content (AvgIpc) is 3.26.